The molecule has 20 heteroatoms. The number of halogens is 2. The van der Waals surface area contributed by atoms with Gasteiger partial charge in [0.15, 0.2) is 46.6 Å². The number of benzene rings is 14. The second-order valence-corrected chi connectivity index (χ2v) is 29.7. The first-order valence-electron chi connectivity index (χ1n) is 38.9. The minimum atomic E-state index is -1.00. The molecule has 22 rings (SSSR count). The molecule has 0 amide bonds. The van der Waals surface area contributed by atoms with Gasteiger partial charge in [0.1, 0.15) is 5.82 Å². The van der Waals surface area contributed by atoms with Gasteiger partial charge in [-0.3, -0.25) is 9.18 Å². The molecule has 14 aromatic carbocycles. The summed E-state index contributed by atoms with van der Waals surface area (Å²) in [6, 6.07) is 122. The standard InChI is InChI=1S/C49H30N6S.C37H22FN5S.C13H10.CH3F.CH2O3.2Cs.H/c1-4-16-31(17-5-1)43-45-44(37-24-12-15-27-42(37)56-45)51-49(50-43)38-30-34(28-29-41(38)55-39-25-13-10-22-35(39)36-23-11-14-26-40(36)55)48-53-46(32-18-6-2-7-19-32)52-47(54-48)33-20-8-3-9-21-33;38-29-21-20-26(36-42-34(24-14-6-2-7-15-24)41-35(43-36)25-16-8-3-9-17-25)22-28(29)37-39-31(23-12-4-1-5-13-23)33-32(40-37)27-18-10-11-19-30(27)44-33;1-3-7-12-10(5-1)9-11-6-2-4-8-13(11)12;1-2;2-1-4-3;;;/h1-30H;1-22H;1-8H,9H2;1H3;1,3H;;;/q;;;;;2*+1;-1/p-1/i;;;1D;;;;. The molecule has 0 spiro atoms. The number of alkyl halides is 1. The molecule has 21 aromatic rings. The van der Waals surface area contributed by atoms with Gasteiger partial charge in [-0.2, -0.15) is 0 Å². The van der Waals surface area contributed by atoms with Crippen LogP contribution in [0.5, 0.6) is 0 Å². The fourth-order valence-electron chi connectivity index (χ4n) is 15.0. The van der Waals surface area contributed by atoms with Crippen molar-refractivity contribution in [3.8, 4) is 130 Å². The maximum Gasteiger partial charge on any atom is 1.00 e. The Balaban J connectivity index is 0.000000155. The molecular formula is C101H67Cs2F2N11O3S2. The number of hydrogen-bond donors (Lipinski definition) is 0. The molecule has 7 heterocycles. The van der Waals surface area contributed by atoms with Gasteiger partial charge in [0.05, 0.1) is 62.6 Å². The molecule has 7 aromatic heterocycles. The largest absolute Gasteiger partial charge is 1.00 e. The summed E-state index contributed by atoms with van der Waals surface area (Å²) in [7, 11) is -1.00. The molecule has 0 unspecified atom stereocenters. The smallest absolute Gasteiger partial charge is 1.00 e. The molecule has 0 fully saturated rings. The van der Waals surface area contributed by atoms with Crippen molar-refractivity contribution in [3.63, 3.8) is 0 Å². The van der Waals surface area contributed by atoms with E-state index in [0.717, 1.165) is 115 Å². The quantitative estimate of drug-likeness (QED) is 0.0640. The van der Waals surface area contributed by atoms with E-state index < -0.39 is 13.0 Å². The molecule has 0 radical (unpaired) electrons. The molecule has 14 nitrogen and oxygen atoms in total. The number of fused-ring (bicyclic) bond motifs is 12. The van der Waals surface area contributed by atoms with Gasteiger partial charge in [0.25, 0.3) is 6.47 Å². The zero-order chi connectivity index (χ0) is 81.3. The number of para-hydroxylation sites is 2. The molecule has 0 atom stereocenters. The number of aromatic nitrogens is 11. The Hall–Kier alpha value is -11.1. The van der Waals surface area contributed by atoms with Crippen LogP contribution in [0, 0.1) is 5.82 Å². The van der Waals surface area contributed by atoms with E-state index in [-0.39, 0.29) is 151 Å². The second-order valence-electron chi connectivity index (χ2n) is 27.6. The number of thiophene rings is 2. The molecule has 0 N–H and O–H groups in total. The Kier molecular flexibility index (Phi) is 26.3. The average molecular weight is 1850 g/mol. The van der Waals surface area contributed by atoms with Crippen LogP contribution >= 0.6 is 22.7 Å². The average Bonchev–Trinajstić information content (AvgIpc) is 1.59. The van der Waals surface area contributed by atoms with Crippen molar-refractivity contribution in [2.75, 3.05) is 7.15 Å². The third-order valence-corrected chi connectivity index (χ3v) is 22.8. The van der Waals surface area contributed by atoms with E-state index >= 15 is 4.39 Å². The van der Waals surface area contributed by atoms with Crippen LogP contribution in [0.25, 0.3) is 193 Å². The minimum absolute atomic E-state index is 0. The Morgan fingerprint density at radius 1 is 0.347 bits per heavy atom. The molecule has 0 saturated carbocycles. The van der Waals surface area contributed by atoms with Gasteiger partial charge in [-0.05, 0) is 89.3 Å². The van der Waals surface area contributed by atoms with E-state index in [2.05, 4.69) is 179 Å². The number of hydrogen-bond acceptors (Lipinski definition) is 15. The number of carbonyl (C=O) groups excluding carboxylic acids is 1. The van der Waals surface area contributed by atoms with Crippen LogP contribution in [-0.4, -0.2) is 68.0 Å². The summed E-state index contributed by atoms with van der Waals surface area (Å²) in [4.78, 5) is 61.7. The van der Waals surface area contributed by atoms with Crippen LogP contribution in [0.2, 0.25) is 0 Å². The van der Waals surface area contributed by atoms with Crippen molar-refractivity contribution in [2.45, 2.75) is 6.42 Å². The van der Waals surface area contributed by atoms with Crippen LogP contribution in [0.15, 0.2) is 364 Å². The Morgan fingerprint density at radius 3 is 1.04 bits per heavy atom. The first-order chi connectivity index (χ1) is 59.3. The van der Waals surface area contributed by atoms with Crippen molar-refractivity contribution >= 4 is 91.6 Å². The number of rotatable bonds is 12. The molecule has 0 aliphatic heterocycles. The zero-order valence-corrected chi connectivity index (χ0v) is 79.5. The van der Waals surface area contributed by atoms with Gasteiger partial charge in [-0.15, -0.1) is 22.7 Å². The summed E-state index contributed by atoms with van der Waals surface area (Å²) in [6.45, 7) is -0.181. The summed E-state index contributed by atoms with van der Waals surface area (Å²) in [5.74, 6) is 3.80. The normalized spacial score (nSPS) is 11.1. The topological polar surface area (TPSA) is 183 Å². The first-order valence-corrected chi connectivity index (χ1v) is 39.8. The van der Waals surface area contributed by atoms with Crippen LogP contribution in [0.4, 0.5) is 8.78 Å². The Bertz CT molecular complexity index is 7110. The number of carbonyl (C=O) groups is 1. The van der Waals surface area contributed by atoms with E-state index in [4.69, 9.17) is 61.3 Å². The molecule has 1 aliphatic rings. The van der Waals surface area contributed by atoms with Gasteiger partial charge in [-0.1, -0.05) is 303 Å². The van der Waals surface area contributed by atoms with E-state index in [1.54, 1.807) is 34.8 Å². The SMILES string of the molecule is Fc1ccc(-c2nc(-c3ccccc3)nc(-c3ccccc3)n2)cc1-c1nc(-c2ccccc2)c2sc3ccccc3c2n1.O=CO[O-].[2H]CF.[Cs+].[Cs+].[H-].c1ccc(-c2nc(-c3ccccc3)nc(-c3ccc(-n4c5ccccc5c5ccccc54)c(-c4nc(-c5ccccc5)c5sc6ccccc6c5n4)c3)n2)cc1.c1ccc2c(c1)Cc1ccccc1-2. The predicted octanol–water partition coefficient (Wildman–Crippen LogP) is 18.4. The van der Waals surface area contributed by atoms with Crippen molar-refractivity contribution in [2.24, 2.45) is 0 Å². The molecular weight excluding hydrogens is 1780 g/mol. The summed E-state index contributed by atoms with van der Waals surface area (Å²) < 4.78 is 37.9. The molecule has 121 heavy (non-hydrogen) atoms. The fraction of sp³-hybridized carbons (Fsp3) is 0.0198. The Morgan fingerprint density at radius 2 is 0.653 bits per heavy atom. The van der Waals surface area contributed by atoms with Crippen molar-refractivity contribution in [1.82, 2.24) is 54.4 Å². The van der Waals surface area contributed by atoms with Gasteiger partial charge in [0.2, 0.25) is 0 Å². The fourth-order valence-corrected chi connectivity index (χ4v) is 17.3. The van der Waals surface area contributed by atoms with Crippen LogP contribution < -0.4 is 143 Å². The van der Waals surface area contributed by atoms with E-state index in [1.807, 2.05) is 176 Å². The van der Waals surface area contributed by atoms with Gasteiger partial charge in [-0.25, -0.2) is 54.2 Å². The van der Waals surface area contributed by atoms with Crippen LogP contribution in [0.3, 0.4) is 0 Å². The van der Waals surface area contributed by atoms with Gasteiger partial charge < -0.3 is 16.1 Å². The minimum Gasteiger partial charge on any atom is -1.00 e. The summed E-state index contributed by atoms with van der Waals surface area (Å²) in [5, 5.41) is 12.9. The van der Waals surface area contributed by atoms with E-state index in [1.165, 1.54) is 43.8 Å². The monoisotopic (exact) mass is 1850 g/mol. The van der Waals surface area contributed by atoms with Crippen molar-refractivity contribution in [1.29, 1.82) is 0 Å². The summed E-state index contributed by atoms with van der Waals surface area (Å²) in [5.41, 5.74) is 20.5. The van der Waals surface area contributed by atoms with Crippen LogP contribution in [-0.2, 0) is 16.1 Å². The van der Waals surface area contributed by atoms with E-state index in [0.29, 0.717) is 52.2 Å². The van der Waals surface area contributed by atoms with Crippen molar-refractivity contribution in [3.05, 3.63) is 381 Å². The van der Waals surface area contributed by atoms with Crippen molar-refractivity contribution < 1.29 is 164 Å². The Labute approximate surface area is 823 Å². The second kappa shape index (κ2) is 38.7. The zero-order valence-electron chi connectivity index (χ0n) is 67.3. The third-order valence-electron chi connectivity index (χ3n) is 20.5. The van der Waals surface area contributed by atoms with Gasteiger partial charge in [0, 0.05) is 81.0 Å². The molecule has 0 saturated heterocycles. The first kappa shape index (κ1) is 82.2. The number of nitrogens with zero attached hydrogens (tertiary/aromatic N) is 11. The third kappa shape index (κ3) is 17.6. The summed E-state index contributed by atoms with van der Waals surface area (Å²) in [6.07, 6.45) is 1.10. The summed E-state index contributed by atoms with van der Waals surface area (Å²) >= 11 is 3.38. The molecule has 572 valence electrons. The maximum atomic E-state index is 15.7. The predicted molar refractivity (Wildman–Crippen MR) is 475 cm³/mol. The molecule has 0 bridgehead atoms. The van der Waals surface area contributed by atoms with Crippen LogP contribution in [0.1, 0.15) is 13.9 Å². The van der Waals surface area contributed by atoms with E-state index in [9.17, 15) is 4.39 Å². The van der Waals surface area contributed by atoms with Gasteiger partial charge >= 0.3 is 138 Å². The maximum absolute atomic E-state index is 15.7. The molecule has 1 aliphatic carbocycles.